The smallest absolute Gasteiger partial charge is 0.133 e. The van der Waals surface area contributed by atoms with E-state index >= 15 is 0 Å². The molecular weight excluding hydrogens is 248 g/mol. The van der Waals surface area contributed by atoms with Gasteiger partial charge in [-0.3, -0.25) is 0 Å². The van der Waals surface area contributed by atoms with E-state index in [4.69, 9.17) is 4.74 Å². The highest BCUT2D eigenvalue weighted by Gasteiger charge is 1.98. The molecule has 0 aliphatic rings. The number of ether oxygens (including phenoxy) is 1. The monoisotopic (exact) mass is 258 g/mol. The van der Waals surface area contributed by atoms with Gasteiger partial charge in [-0.05, 0) is 33.6 Å². The quantitative estimate of drug-likeness (QED) is 0.818. The summed E-state index contributed by atoms with van der Waals surface area (Å²) in [5, 5.41) is 0. The third-order valence-corrected chi connectivity index (χ3v) is 2.46. The van der Waals surface area contributed by atoms with Crippen molar-refractivity contribution in [2.75, 3.05) is 12.9 Å². The van der Waals surface area contributed by atoms with E-state index in [2.05, 4.69) is 28.6 Å². The van der Waals surface area contributed by atoms with Gasteiger partial charge in [-0.15, -0.1) is 0 Å². The highest BCUT2D eigenvalue weighted by molar-refractivity contribution is 9.10. The first-order valence-electron chi connectivity index (χ1n) is 3.89. The van der Waals surface area contributed by atoms with Crippen LogP contribution in [-0.4, -0.2) is 12.9 Å². The van der Waals surface area contributed by atoms with Crippen molar-refractivity contribution in [3.05, 3.63) is 34.3 Å². The predicted molar refractivity (Wildman–Crippen MR) is 63.6 cm³/mol. The Hall–Kier alpha value is -0.410. The van der Waals surface area contributed by atoms with E-state index < -0.39 is 0 Å². The number of halogens is 1. The van der Waals surface area contributed by atoms with E-state index in [1.54, 1.807) is 7.11 Å². The lowest BCUT2D eigenvalue weighted by atomic mass is 10.2. The SMILES string of the molecule is COc1cc(C=CCS)ccc1Br. The van der Waals surface area contributed by atoms with E-state index in [1.165, 1.54) is 0 Å². The highest BCUT2D eigenvalue weighted by Crippen LogP contribution is 2.25. The first-order valence-corrected chi connectivity index (χ1v) is 5.31. The summed E-state index contributed by atoms with van der Waals surface area (Å²) in [4.78, 5) is 0. The summed E-state index contributed by atoms with van der Waals surface area (Å²) in [6.45, 7) is 0. The van der Waals surface area contributed by atoms with Crippen molar-refractivity contribution in [3.63, 3.8) is 0 Å². The molecule has 0 N–H and O–H groups in total. The summed E-state index contributed by atoms with van der Waals surface area (Å²) in [6.07, 6.45) is 4.01. The fourth-order valence-electron chi connectivity index (χ4n) is 0.969. The van der Waals surface area contributed by atoms with Crippen molar-refractivity contribution in [2.24, 2.45) is 0 Å². The van der Waals surface area contributed by atoms with Crippen LogP contribution in [0.3, 0.4) is 0 Å². The van der Waals surface area contributed by atoms with Gasteiger partial charge in [0, 0.05) is 5.75 Å². The summed E-state index contributed by atoms with van der Waals surface area (Å²) < 4.78 is 6.14. The molecule has 0 aliphatic heterocycles. The van der Waals surface area contributed by atoms with Crippen LogP contribution in [0.4, 0.5) is 0 Å². The van der Waals surface area contributed by atoms with Crippen molar-refractivity contribution >= 4 is 34.6 Å². The number of thiol groups is 1. The second-order valence-electron chi connectivity index (χ2n) is 2.48. The van der Waals surface area contributed by atoms with E-state index in [0.29, 0.717) is 0 Å². The molecule has 0 saturated heterocycles. The lowest BCUT2D eigenvalue weighted by molar-refractivity contribution is 0.412. The molecule has 0 spiro atoms. The lowest BCUT2D eigenvalue weighted by Gasteiger charge is -2.03. The minimum Gasteiger partial charge on any atom is -0.496 e. The summed E-state index contributed by atoms with van der Waals surface area (Å²) in [5.41, 5.74) is 1.12. The standard InChI is InChI=1S/C10H11BrOS/c1-12-10-7-8(3-2-6-13)4-5-9(10)11/h2-5,7,13H,6H2,1H3. The van der Waals surface area contributed by atoms with Gasteiger partial charge in [0.05, 0.1) is 11.6 Å². The molecule has 13 heavy (non-hydrogen) atoms. The molecule has 70 valence electrons. The van der Waals surface area contributed by atoms with Crippen molar-refractivity contribution in [3.8, 4) is 5.75 Å². The van der Waals surface area contributed by atoms with Crippen molar-refractivity contribution in [2.45, 2.75) is 0 Å². The molecule has 0 radical (unpaired) electrons. The number of benzene rings is 1. The normalized spacial score (nSPS) is 10.7. The average molecular weight is 259 g/mol. The number of rotatable bonds is 3. The van der Waals surface area contributed by atoms with Gasteiger partial charge in [-0.1, -0.05) is 18.2 Å². The minimum absolute atomic E-state index is 0.748. The maximum atomic E-state index is 5.17. The molecule has 0 amide bonds. The molecule has 1 aromatic rings. The Morgan fingerprint density at radius 2 is 2.31 bits per heavy atom. The summed E-state index contributed by atoms with van der Waals surface area (Å²) in [5.74, 6) is 1.60. The van der Waals surface area contributed by atoms with Crippen LogP contribution in [0.1, 0.15) is 5.56 Å². The highest BCUT2D eigenvalue weighted by atomic mass is 79.9. The van der Waals surface area contributed by atoms with Crippen molar-refractivity contribution in [1.82, 2.24) is 0 Å². The predicted octanol–water partition coefficient (Wildman–Crippen LogP) is 3.40. The molecular formula is C10H11BrOS. The first-order chi connectivity index (χ1) is 6.27. The number of hydrogen-bond donors (Lipinski definition) is 1. The van der Waals surface area contributed by atoms with Gasteiger partial charge in [0.15, 0.2) is 0 Å². The van der Waals surface area contributed by atoms with Gasteiger partial charge >= 0.3 is 0 Å². The average Bonchev–Trinajstić information content (AvgIpc) is 2.16. The van der Waals surface area contributed by atoms with Gasteiger partial charge in [0.1, 0.15) is 5.75 Å². The fraction of sp³-hybridized carbons (Fsp3) is 0.200. The molecule has 0 fully saturated rings. The Kier molecular flexibility index (Phi) is 4.39. The second-order valence-corrected chi connectivity index (χ2v) is 3.70. The molecule has 0 saturated carbocycles. The fourth-order valence-corrected chi connectivity index (χ4v) is 1.48. The van der Waals surface area contributed by atoms with Crippen molar-refractivity contribution < 1.29 is 4.74 Å². The molecule has 0 aromatic heterocycles. The molecule has 1 nitrogen and oxygen atoms in total. The largest absolute Gasteiger partial charge is 0.496 e. The van der Waals surface area contributed by atoms with Crippen LogP contribution < -0.4 is 4.74 Å². The molecule has 0 heterocycles. The Bertz CT molecular complexity index is 310. The maximum absolute atomic E-state index is 5.17. The van der Waals surface area contributed by atoms with Gasteiger partial charge in [0.2, 0.25) is 0 Å². The lowest BCUT2D eigenvalue weighted by Crippen LogP contribution is -1.84. The Morgan fingerprint density at radius 3 is 2.92 bits per heavy atom. The zero-order chi connectivity index (χ0) is 9.68. The van der Waals surface area contributed by atoms with E-state index in [9.17, 15) is 0 Å². The van der Waals surface area contributed by atoms with E-state index in [-0.39, 0.29) is 0 Å². The van der Waals surface area contributed by atoms with Gasteiger partial charge in [0.25, 0.3) is 0 Å². The van der Waals surface area contributed by atoms with Crippen molar-refractivity contribution in [1.29, 1.82) is 0 Å². The molecule has 1 aromatic carbocycles. The van der Waals surface area contributed by atoms with Crippen LogP contribution in [0.2, 0.25) is 0 Å². The van der Waals surface area contributed by atoms with Crippen LogP contribution in [-0.2, 0) is 0 Å². The van der Waals surface area contributed by atoms with Crippen LogP contribution in [0.25, 0.3) is 6.08 Å². The molecule has 0 unspecified atom stereocenters. The molecule has 3 heteroatoms. The van der Waals surface area contributed by atoms with Gasteiger partial charge < -0.3 is 4.74 Å². The van der Waals surface area contributed by atoms with Crippen LogP contribution in [0.5, 0.6) is 5.75 Å². The number of methoxy groups -OCH3 is 1. The summed E-state index contributed by atoms with van der Waals surface area (Å²) >= 11 is 7.49. The Morgan fingerprint density at radius 1 is 1.54 bits per heavy atom. The molecule has 0 bridgehead atoms. The van der Waals surface area contributed by atoms with E-state index in [1.807, 2.05) is 30.4 Å². The topological polar surface area (TPSA) is 9.23 Å². The zero-order valence-electron chi connectivity index (χ0n) is 7.33. The molecule has 1 rings (SSSR count). The molecule has 0 aliphatic carbocycles. The zero-order valence-corrected chi connectivity index (χ0v) is 9.81. The van der Waals surface area contributed by atoms with E-state index in [0.717, 1.165) is 21.5 Å². The Balaban J connectivity index is 2.92. The van der Waals surface area contributed by atoms with Crippen LogP contribution >= 0.6 is 28.6 Å². The summed E-state index contributed by atoms with van der Waals surface area (Å²) in [7, 11) is 1.66. The minimum atomic E-state index is 0.748. The maximum Gasteiger partial charge on any atom is 0.133 e. The number of hydrogen-bond acceptors (Lipinski definition) is 2. The van der Waals surface area contributed by atoms with Gasteiger partial charge in [-0.25, -0.2) is 0 Å². The summed E-state index contributed by atoms with van der Waals surface area (Å²) in [6, 6.07) is 5.97. The first kappa shape index (κ1) is 10.7. The third-order valence-electron chi connectivity index (χ3n) is 1.59. The Labute approximate surface area is 92.3 Å². The van der Waals surface area contributed by atoms with Gasteiger partial charge in [-0.2, -0.15) is 12.6 Å². The third kappa shape index (κ3) is 3.08. The molecule has 0 atom stereocenters. The second kappa shape index (κ2) is 5.35. The van der Waals surface area contributed by atoms with Crippen LogP contribution in [0.15, 0.2) is 28.7 Å². The van der Waals surface area contributed by atoms with Crippen LogP contribution in [0, 0.1) is 0 Å².